The monoisotopic (exact) mass is 751 g/mol. The third-order valence-electron chi connectivity index (χ3n) is 5.64. The van der Waals surface area contributed by atoms with Gasteiger partial charge in [0.15, 0.2) is 0 Å². The Morgan fingerprint density at radius 1 is 0.698 bits per heavy atom. The molecule has 9 nitrogen and oxygen atoms in total. The highest BCUT2D eigenvalue weighted by atomic mass is 79.9. The van der Waals surface area contributed by atoms with E-state index in [4.69, 9.17) is 0 Å². The van der Waals surface area contributed by atoms with E-state index in [0.29, 0.717) is 24.3 Å². The van der Waals surface area contributed by atoms with Gasteiger partial charge in [0.25, 0.3) is 11.8 Å². The number of imide groups is 1. The summed E-state index contributed by atoms with van der Waals surface area (Å²) in [5.41, 5.74) is -14.4. The van der Waals surface area contributed by atoms with Crippen molar-refractivity contribution in [2.75, 3.05) is 4.90 Å². The zero-order valence-electron chi connectivity index (χ0n) is 20.1. The Bertz CT molecular complexity index is 1570. The number of halogens is 11. The number of nitrogens with zero attached hydrogens (tertiary/aromatic N) is 3. The van der Waals surface area contributed by atoms with Gasteiger partial charge in [-0.1, -0.05) is 12.1 Å². The van der Waals surface area contributed by atoms with Gasteiger partial charge in [-0.05, 0) is 56.1 Å². The van der Waals surface area contributed by atoms with Gasteiger partial charge in [-0.25, -0.2) is 9.29 Å². The van der Waals surface area contributed by atoms with Crippen molar-refractivity contribution in [3.8, 4) is 0 Å². The van der Waals surface area contributed by atoms with Crippen LogP contribution in [0.25, 0.3) is 0 Å². The largest absolute Gasteiger partial charge is 0.435 e. The molecule has 0 atom stereocenters. The lowest BCUT2D eigenvalue weighted by Gasteiger charge is -2.31. The fraction of sp³-hybridized carbons (Fsp3) is 0.130. The summed E-state index contributed by atoms with van der Waals surface area (Å²) >= 11 is 5.07. The van der Waals surface area contributed by atoms with Crippen LogP contribution >= 0.6 is 31.9 Å². The number of carbonyl (C=O) groups is 2. The number of nitro benzene ring substituents is 2. The first-order valence-corrected chi connectivity index (χ1v) is 12.3. The third-order valence-corrected chi connectivity index (χ3v) is 6.85. The van der Waals surface area contributed by atoms with Gasteiger partial charge in [-0.3, -0.25) is 29.8 Å². The fourth-order valence-electron chi connectivity index (χ4n) is 3.65. The van der Waals surface area contributed by atoms with Crippen molar-refractivity contribution < 1.29 is 58.9 Å². The molecule has 0 aromatic heterocycles. The van der Waals surface area contributed by atoms with Crippen molar-refractivity contribution in [2.45, 2.75) is 18.0 Å². The van der Waals surface area contributed by atoms with Crippen LogP contribution in [0, 0.1) is 31.9 Å². The fourth-order valence-corrected chi connectivity index (χ4v) is 5.20. The Kier molecular flexibility index (Phi) is 8.98. The average molecular weight is 753 g/mol. The highest BCUT2D eigenvalue weighted by molar-refractivity contribution is 9.11. The lowest BCUT2D eigenvalue weighted by atomic mass is 9.93. The van der Waals surface area contributed by atoms with Crippen molar-refractivity contribution in [3.05, 3.63) is 106 Å². The summed E-state index contributed by atoms with van der Waals surface area (Å²) in [7, 11) is 0. The highest BCUT2D eigenvalue weighted by Gasteiger charge is 2.73. The summed E-state index contributed by atoms with van der Waals surface area (Å²) < 4.78 is 123. The molecule has 0 saturated heterocycles. The predicted molar refractivity (Wildman–Crippen MR) is 134 cm³/mol. The summed E-state index contributed by atoms with van der Waals surface area (Å²) in [5, 5.41) is 22.3. The number of anilines is 1. The molecule has 0 aliphatic carbocycles. The summed E-state index contributed by atoms with van der Waals surface area (Å²) in [4.78, 5) is 46.5. The number of benzene rings is 3. The lowest BCUT2D eigenvalue weighted by Crippen LogP contribution is -2.50. The first kappa shape index (κ1) is 33.4. The van der Waals surface area contributed by atoms with Crippen LogP contribution in [0.4, 0.5) is 56.6 Å². The molecule has 0 fully saturated rings. The molecule has 0 aliphatic rings. The van der Waals surface area contributed by atoms with E-state index >= 15 is 0 Å². The Morgan fingerprint density at radius 2 is 1.05 bits per heavy atom. The Balaban J connectivity index is 2.39. The maximum absolute atomic E-state index is 15.0. The number of rotatable bonds is 6. The van der Waals surface area contributed by atoms with Crippen LogP contribution < -0.4 is 4.90 Å². The minimum Gasteiger partial charge on any atom is -0.268 e. The number of carbonyl (C=O) groups excluding carboxylic acids is 2. The van der Waals surface area contributed by atoms with Crippen LogP contribution in [0.2, 0.25) is 0 Å². The first-order chi connectivity index (χ1) is 19.7. The lowest BCUT2D eigenvalue weighted by molar-refractivity contribution is -0.387. The molecule has 0 saturated carbocycles. The maximum Gasteiger partial charge on any atom is 0.435 e. The summed E-state index contributed by atoms with van der Waals surface area (Å²) in [6, 6.07) is 3.65. The average Bonchev–Trinajstić information content (AvgIpc) is 2.88. The van der Waals surface area contributed by atoms with Crippen LogP contribution in [0.5, 0.6) is 0 Å². The summed E-state index contributed by atoms with van der Waals surface area (Å²) in [5.74, 6) is -7.53. The second kappa shape index (κ2) is 11.5. The van der Waals surface area contributed by atoms with Crippen LogP contribution in [-0.4, -0.2) is 34.0 Å². The van der Waals surface area contributed by atoms with Crippen LogP contribution in [0.15, 0.2) is 57.5 Å². The molecule has 20 heteroatoms. The van der Waals surface area contributed by atoms with Gasteiger partial charge in [0.1, 0.15) is 0 Å². The summed E-state index contributed by atoms with van der Waals surface area (Å²) in [6.45, 7) is 0. The number of amides is 2. The van der Waals surface area contributed by atoms with Gasteiger partial charge in [0.2, 0.25) is 11.6 Å². The van der Waals surface area contributed by atoms with Crippen molar-refractivity contribution in [2.24, 2.45) is 0 Å². The van der Waals surface area contributed by atoms with Gasteiger partial charge in [-0.15, -0.1) is 0 Å². The highest BCUT2D eigenvalue weighted by Crippen LogP contribution is 2.55. The van der Waals surface area contributed by atoms with E-state index in [1.54, 1.807) is 0 Å². The van der Waals surface area contributed by atoms with Crippen LogP contribution in [0.3, 0.4) is 0 Å². The molecule has 0 heterocycles. The topological polar surface area (TPSA) is 124 Å². The van der Waals surface area contributed by atoms with Crippen molar-refractivity contribution in [1.82, 2.24) is 0 Å². The first-order valence-electron chi connectivity index (χ1n) is 10.7. The number of hydrogen-bond acceptors (Lipinski definition) is 6. The molecule has 3 aromatic carbocycles. The van der Waals surface area contributed by atoms with Gasteiger partial charge in [0, 0.05) is 26.6 Å². The van der Waals surface area contributed by atoms with Gasteiger partial charge < -0.3 is 0 Å². The van der Waals surface area contributed by atoms with Gasteiger partial charge in [0.05, 0.1) is 26.7 Å². The molecule has 2 amide bonds. The quantitative estimate of drug-likeness (QED) is 0.109. The molecule has 0 spiro atoms. The molecule has 3 aromatic rings. The Hall–Kier alpha value is -4.07. The van der Waals surface area contributed by atoms with E-state index in [-0.39, 0.29) is 17.0 Å². The molecular formula is C23H8Br2F9N3O6. The van der Waals surface area contributed by atoms with Gasteiger partial charge in [-0.2, -0.15) is 35.1 Å². The molecule has 0 unspecified atom stereocenters. The molecule has 228 valence electrons. The van der Waals surface area contributed by atoms with Crippen LogP contribution in [0.1, 0.15) is 26.3 Å². The number of hydrogen-bond donors (Lipinski definition) is 0. The molecule has 0 bridgehead atoms. The molecular weight excluding hydrogens is 745 g/mol. The molecule has 3 rings (SSSR count). The zero-order chi connectivity index (χ0) is 32.8. The molecule has 43 heavy (non-hydrogen) atoms. The van der Waals surface area contributed by atoms with Crippen molar-refractivity contribution >= 4 is 60.7 Å². The van der Waals surface area contributed by atoms with E-state index < -0.39 is 94.0 Å². The van der Waals surface area contributed by atoms with Crippen LogP contribution in [-0.2, 0) is 5.67 Å². The second-order valence-electron chi connectivity index (χ2n) is 8.18. The van der Waals surface area contributed by atoms with Crippen molar-refractivity contribution in [3.63, 3.8) is 0 Å². The van der Waals surface area contributed by atoms with E-state index in [2.05, 4.69) is 31.9 Å². The van der Waals surface area contributed by atoms with E-state index in [0.717, 1.165) is 12.1 Å². The Morgan fingerprint density at radius 3 is 1.35 bits per heavy atom. The SMILES string of the molecule is O=C(c1cccc([N+](=O)[O-])c1F)N(C(=O)c1cccc([N+](=O)[O-])c1F)c1c(Br)cc(C(F)(C(F)(F)F)C(F)(F)F)cc1Br. The van der Waals surface area contributed by atoms with E-state index in [1.807, 2.05) is 0 Å². The van der Waals surface area contributed by atoms with E-state index in [9.17, 15) is 69.3 Å². The van der Waals surface area contributed by atoms with Crippen molar-refractivity contribution in [1.29, 1.82) is 0 Å². The number of nitro groups is 2. The molecule has 0 aliphatic heterocycles. The standard InChI is InChI=1S/C23H8Br2F9N3O6/c24-12-7-9(21(28,22(29,30)31)23(32,33)34)8-13(25)18(12)35(19(38)10-3-1-5-14(16(10)26)36(40)41)20(39)11-4-2-6-15(17(11)27)37(42)43/h1-8H. The maximum atomic E-state index is 15.0. The zero-order valence-corrected chi connectivity index (χ0v) is 23.2. The summed E-state index contributed by atoms with van der Waals surface area (Å²) in [6.07, 6.45) is -13.2. The minimum atomic E-state index is -6.59. The predicted octanol–water partition coefficient (Wildman–Crippen LogP) is 8.08. The normalized spacial score (nSPS) is 12.2. The smallest absolute Gasteiger partial charge is 0.268 e. The number of alkyl halides is 7. The van der Waals surface area contributed by atoms with Gasteiger partial charge >= 0.3 is 29.4 Å². The molecule has 0 N–H and O–H groups in total. The van der Waals surface area contributed by atoms with E-state index in [1.165, 1.54) is 0 Å². The Labute approximate surface area is 248 Å². The second-order valence-corrected chi connectivity index (χ2v) is 9.89. The third kappa shape index (κ3) is 5.79. The molecule has 0 radical (unpaired) electrons. The minimum absolute atomic E-state index is 0.123.